The fourth-order valence-electron chi connectivity index (χ4n) is 2.88. The first-order chi connectivity index (χ1) is 11.0. The Balaban J connectivity index is 2.23. The Labute approximate surface area is 147 Å². The molecular weight excluding hydrogens is 323 g/mol. The quantitative estimate of drug-likeness (QED) is 0.460. The van der Waals surface area contributed by atoms with Crippen molar-refractivity contribution in [1.29, 1.82) is 0 Å². The van der Waals surface area contributed by atoms with E-state index in [9.17, 15) is 0 Å². The molecule has 23 heavy (non-hydrogen) atoms. The smallest absolute Gasteiger partial charge is 0.0412 e. The first-order valence-electron chi connectivity index (χ1n) is 7.59. The van der Waals surface area contributed by atoms with Gasteiger partial charge in [-0.05, 0) is 90.0 Å². The highest BCUT2D eigenvalue weighted by molar-refractivity contribution is 6.31. The van der Waals surface area contributed by atoms with Gasteiger partial charge in [-0.25, -0.2) is 0 Å². The Kier molecular flexibility index (Phi) is 4.48. The van der Waals surface area contributed by atoms with Crippen LogP contribution >= 0.6 is 23.2 Å². The number of hydrogen-bond donors (Lipinski definition) is 0. The largest absolute Gasteiger partial charge is 0.0843 e. The third-order valence-electron chi connectivity index (χ3n) is 4.31. The summed E-state index contributed by atoms with van der Waals surface area (Å²) in [7, 11) is 0. The second-order valence-corrected chi connectivity index (χ2v) is 6.81. The molecule has 0 N–H and O–H groups in total. The average molecular weight is 341 g/mol. The Morgan fingerprint density at radius 1 is 0.609 bits per heavy atom. The third kappa shape index (κ3) is 3.29. The molecule has 3 aromatic rings. The van der Waals surface area contributed by atoms with Gasteiger partial charge in [0.2, 0.25) is 0 Å². The minimum absolute atomic E-state index is 0.754. The zero-order valence-electron chi connectivity index (χ0n) is 13.5. The van der Waals surface area contributed by atoms with Crippen LogP contribution in [0.5, 0.6) is 0 Å². The van der Waals surface area contributed by atoms with Crippen molar-refractivity contribution in [2.45, 2.75) is 20.8 Å². The van der Waals surface area contributed by atoms with E-state index in [0.717, 1.165) is 15.6 Å². The van der Waals surface area contributed by atoms with Crippen LogP contribution in [0.3, 0.4) is 0 Å². The molecule has 0 fully saturated rings. The van der Waals surface area contributed by atoms with Crippen molar-refractivity contribution in [3.63, 3.8) is 0 Å². The van der Waals surface area contributed by atoms with Crippen LogP contribution in [0.25, 0.3) is 22.3 Å². The van der Waals surface area contributed by atoms with E-state index in [-0.39, 0.29) is 0 Å². The topological polar surface area (TPSA) is 0 Å². The van der Waals surface area contributed by atoms with Gasteiger partial charge in [0.15, 0.2) is 0 Å². The maximum absolute atomic E-state index is 6.20. The molecule has 0 radical (unpaired) electrons. The summed E-state index contributed by atoms with van der Waals surface area (Å²) < 4.78 is 0. The van der Waals surface area contributed by atoms with Gasteiger partial charge in [0.25, 0.3) is 0 Å². The molecule has 0 spiro atoms. The van der Waals surface area contributed by atoms with Crippen molar-refractivity contribution >= 4 is 23.2 Å². The summed E-state index contributed by atoms with van der Waals surface area (Å²) in [6.45, 7) is 6.41. The SMILES string of the molecule is Cc1ccc(Cl)cc1-c1cc(C)c(C)c(-c2cccc(Cl)c2)c1. The second kappa shape index (κ2) is 6.39. The molecule has 0 bridgehead atoms. The predicted octanol–water partition coefficient (Wildman–Crippen LogP) is 7.25. The lowest BCUT2D eigenvalue weighted by Crippen LogP contribution is -1.92. The summed E-state index contributed by atoms with van der Waals surface area (Å²) >= 11 is 12.4. The summed E-state index contributed by atoms with van der Waals surface area (Å²) in [5.41, 5.74) is 8.45. The highest BCUT2D eigenvalue weighted by atomic mass is 35.5. The monoisotopic (exact) mass is 340 g/mol. The summed E-state index contributed by atoms with van der Waals surface area (Å²) in [6.07, 6.45) is 0. The van der Waals surface area contributed by atoms with E-state index in [4.69, 9.17) is 23.2 Å². The second-order valence-electron chi connectivity index (χ2n) is 5.94. The number of aryl methyl sites for hydroxylation is 2. The first kappa shape index (κ1) is 16.1. The number of halogens is 2. The van der Waals surface area contributed by atoms with Gasteiger partial charge in [-0.3, -0.25) is 0 Å². The molecule has 0 aliphatic heterocycles. The van der Waals surface area contributed by atoms with Crippen molar-refractivity contribution in [2.75, 3.05) is 0 Å². The van der Waals surface area contributed by atoms with E-state index in [1.165, 1.54) is 33.4 Å². The molecule has 0 heterocycles. The standard InChI is InChI=1S/C21H18Cl2/c1-13-7-8-19(23)12-20(13)17-9-14(2)15(3)21(11-17)16-5-4-6-18(22)10-16/h4-12H,1-3H3. The number of rotatable bonds is 2. The zero-order valence-corrected chi connectivity index (χ0v) is 15.0. The summed E-state index contributed by atoms with van der Waals surface area (Å²) in [5.74, 6) is 0. The highest BCUT2D eigenvalue weighted by Gasteiger charge is 2.10. The molecule has 116 valence electrons. The van der Waals surface area contributed by atoms with Crippen molar-refractivity contribution in [1.82, 2.24) is 0 Å². The molecule has 0 saturated heterocycles. The van der Waals surface area contributed by atoms with Crippen molar-refractivity contribution in [2.24, 2.45) is 0 Å². The lowest BCUT2D eigenvalue weighted by Gasteiger charge is -2.15. The van der Waals surface area contributed by atoms with E-state index in [1.807, 2.05) is 30.3 Å². The van der Waals surface area contributed by atoms with Gasteiger partial charge < -0.3 is 0 Å². The summed E-state index contributed by atoms with van der Waals surface area (Å²) in [5, 5.41) is 1.51. The van der Waals surface area contributed by atoms with Crippen LogP contribution in [-0.2, 0) is 0 Å². The van der Waals surface area contributed by atoms with E-state index in [1.54, 1.807) is 0 Å². The molecule has 0 atom stereocenters. The van der Waals surface area contributed by atoms with E-state index in [2.05, 4.69) is 45.0 Å². The third-order valence-corrected chi connectivity index (χ3v) is 4.78. The predicted molar refractivity (Wildman–Crippen MR) is 102 cm³/mol. The van der Waals surface area contributed by atoms with E-state index < -0.39 is 0 Å². The Hall–Kier alpha value is -1.76. The van der Waals surface area contributed by atoms with Crippen LogP contribution in [0.2, 0.25) is 10.0 Å². The summed E-state index contributed by atoms with van der Waals surface area (Å²) in [4.78, 5) is 0. The molecule has 0 saturated carbocycles. The van der Waals surface area contributed by atoms with Crippen LogP contribution in [-0.4, -0.2) is 0 Å². The molecule has 0 amide bonds. The lowest BCUT2D eigenvalue weighted by atomic mass is 9.90. The maximum Gasteiger partial charge on any atom is 0.0412 e. The molecule has 3 aromatic carbocycles. The fourth-order valence-corrected chi connectivity index (χ4v) is 3.24. The Morgan fingerprint density at radius 2 is 1.35 bits per heavy atom. The maximum atomic E-state index is 6.20. The molecule has 0 aromatic heterocycles. The van der Waals surface area contributed by atoms with Crippen LogP contribution in [0.1, 0.15) is 16.7 Å². The molecule has 3 rings (SSSR count). The van der Waals surface area contributed by atoms with Gasteiger partial charge in [-0.15, -0.1) is 0 Å². The van der Waals surface area contributed by atoms with Crippen LogP contribution in [0.15, 0.2) is 54.6 Å². The van der Waals surface area contributed by atoms with Gasteiger partial charge in [0.05, 0.1) is 0 Å². The average Bonchev–Trinajstić information content (AvgIpc) is 2.52. The highest BCUT2D eigenvalue weighted by Crippen LogP contribution is 2.34. The van der Waals surface area contributed by atoms with Crippen molar-refractivity contribution < 1.29 is 0 Å². The van der Waals surface area contributed by atoms with Gasteiger partial charge >= 0.3 is 0 Å². The molecule has 0 aliphatic rings. The van der Waals surface area contributed by atoms with Gasteiger partial charge in [0, 0.05) is 10.0 Å². The van der Waals surface area contributed by atoms with Gasteiger partial charge in [0.1, 0.15) is 0 Å². The van der Waals surface area contributed by atoms with Gasteiger partial charge in [-0.2, -0.15) is 0 Å². The van der Waals surface area contributed by atoms with Crippen molar-refractivity contribution in [3.05, 3.63) is 81.3 Å². The zero-order chi connectivity index (χ0) is 16.6. The molecule has 0 nitrogen and oxygen atoms in total. The molecular formula is C21H18Cl2. The van der Waals surface area contributed by atoms with Gasteiger partial charge in [-0.1, -0.05) is 47.5 Å². The fraction of sp³-hybridized carbons (Fsp3) is 0.143. The van der Waals surface area contributed by atoms with Crippen LogP contribution in [0.4, 0.5) is 0 Å². The van der Waals surface area contributed by atoms with Crippen molar-refractivity contribution in [3.8, 4) is 22.3 Å². The Bertz CT molecular complexity index is 879. The molecule has 0 unspecified atom stereocenters. The molecule has 0 aliphatic carbocycles. The van der Waals surface area contributed by atoms with Crippen LogP contribution in [0, 0.1) is 20.8 Å². The van der Waals surface area contributed by atoms with E-state index >= 15 is 0 Å². The number of benzene rings is 3. The van der Waals surface area contributed by atoms with Crippen LogP contribution < -0.4 is 0 Å². The summed E-state index contributed by atoms with van der Waals surface area (Å²) in [6, 6.07) is 18.5. The molecule has 2 heteroatoms. The lowest BCUT2D eigenvalue weighted by molar-refractivity contribution is 1.33. The minimum Gasteiger partial charge on any atom is -0.0843 e. The normalized spacial score (nSPS) is 10.8. The number of hydrogen-bond acceptors (Lipinski definition) is 0. The Morgan fingerprint density at radius 3 is 2.09 bits per heavy atom. The first-order valence-corrected chi connectivity index (χ1v) is 8.35. The minimum atomic E-state index is 0.754. The van der Waals surface area contributed by atoms with E-state index in [0.29, 0.717) is 0 Å².